The van der Waals surface area contributed by atoms with Gasteiger partial charge in [-0.1, -0.05) is 16.7 Å². The molecule has 1 amide bonds. The van der Waals surface area contributed by atoms with Crippen LogP contribution < -0.4 is 11.1 Å². The van der Waals surface area contributed by atoms with E-state index >= 15 is 0 Å². The minimum absolute atomic E-state index is 0.239. The molecule has 3 N–H and O–H groups in total. The molecule has 7 heteroatoms. The van der Waals surface area contributed by atoms with E-state index in [1.165, 1.54) is 6.20 Å². The Bertz CT molecular complexity index is 347. The molecule has 0 aliphatic heterocycles. The van der Waals surface area contributed by atoms with Gasteiger partial charge in [0, 0.05) is 0 Å². The minimum Gasteiger partial charge on any atom is -0.391 e. The van der Waals surface area contributed by atoms with Gasteiger partial charge in [0.25, 0.3) is 5.91 Å². The highest BCUT2D eigenvalue weighted by Crippen LogP contribution is 2.07. The van der Waals surface area contributed by atoms with Gasteiger partial charge in [0.1, 0.15) is 4.88 Å². The molecule has 0 radical (unpaired) electrons. The van der Waals surface area contributed by atoms with Crippen molar-refractivity contribution in [2.75, 3.05) is 0 Å². The van der Waals surface area contributed by atoms with Crippen LogP contribution in [0.2, 0.25) is 0 Å². The predicted molar refractivity (Wildman–Crippen MR) is 58.2 cm³/mol. The summed E-state index contributed by atoms with van der Waals surface area (Å²) in [7, 11) is 0. The van der Waals surface area contributed by atoms with Gasteiger partial charge >= 0.3 is 0 Å². The molecule has 0 aromatic carbocycles. The Labute approximate surface area is 90.9 Å². The summed E-state index contributed by atoms with van der Waals surface area (Å²) in [6, 6.07) is 0. The van der Waals surface area contributed by atoms with E-state index in [0.29, 0.717) is 4.88 Å². The Balaban J connectivity index is 2.71. The van der Waals surface area contributed by atoms with Crippen LogP contribution in [0.1, 0.15) is 23.5 Å². The molecule has 0 bridgehead atoms. The molecule has 5 nitrogen and oxygen atoms in total. The standard InChI is InChI=1S/C7H10N4OS2/c1-7(2,6(8)13)10-5(12)4-3-9-11-14-4/h3H,1-2H3,(H2,8,13)(H,10,12). The lowest BCUT2D eigenvalue weighted by Gasteiger charge is -2.23. The second kappa shape index (κ2) is 3.97. The van der Waals surface area contributed by atoms with E-state index in [2.05, 4.69) is 14.9 Å². The average Bonchev–Trinajstić information content (AvgIpc) is 2.54. The fraction of sp³-hybridized carbons (Fsp3) is 0.429. The van der Waals surface area contributed by atoms with Crippen LogP contribution in [0.15, 0.2) is 6.20 Å². The highest BCUT2D eigenvalue weighted by atomic mass is 32.1. The lowest BCUT2D eigenvalue weighted by atomic mass is 10.1. The molecule has 0 fully saturated rings. The quantitative estimate of drug-likeness (QED) is 0.731. The smallest absolute Gasteiger partial charge is 0.265 e. The summed E-state index contributed by atoms with van der Waals surface area (Å²) in [5.74, 6) is -0.266. The first-order chi connectivity index (χ1) is 6.43. The third-order valence-corrected chi connectivity index (χ3v) is 2.80. The summed E-state index contributed by atoms with van der Waals surface area (Å²) < 4.78 is 3.58. The molecule has 0 spiro atoms. The van der Waals surface area contributed by atoms with Crippen molar-refractivity contribution in [1.82, 2.24) is 14.9 Å². The van der Waals surface area contributed by atoms with Crippen molar-refractivity contribution < 1.29 is 4.79 Å². The fourth-order valence-corrected chi connectivity index (χ4v) is 1.14. The van der Waals surface area contributed by atoms with Gasteiger partial charge in [-0.3, -0.25) is 4.79 Å². The molecule has 0 saturated carbocycles. The van der Waals surface area contributed by atoms with E-state index in [1.807, 2.05) is 0 Å². The molecule has 0 aliphatic rings. The summed E-state index contributed by atoms with van der Waals surface area (Å²) in [6.07, 6.45) is 1.40. The fourth-order valence-electron chi connectivity index (χ4n) is 0.674. The second-order valence-electron chi connectivity index (χ2n) is 3.23. The van der Waals surface area contributed by atoms with Crippen molar-refractivity contribution in [1.29, 1.82) is 0 Å². The number of nitrogens with two attached hydrogens (primary N) is 1. The van der Waals surface area contributed by atoms with Crippen molar-refractivity contribution in [2.24, 2.45) is 5.73 Å². The van der Waals surface area contributed by atoms with Crippen molar-refractivity contribution in [3.05, 3.63) is 11.1 Å². The Morgan fingerprint density at radius 3 is 2.79 bits per heavy atom. The Morgan fingerprint density at radius 2 is 2.36 bits per heavy atom. The summed E-state index contributed by atoms with van der Waals surface area (Å²) in [4.78, 5) is 12.2. The van der Waals surface area contributed by atoms with Gasteiger partial charge in [-0.25, -0.2) is 0 Å². The topological polar surface area (TPSA) is 80.9 Å². The number of rotatable bonds is 3. The van der Waals surface area contributed by atoms with E-state index in [0.717, 1.165) is 11.5 Å². The van der Waals surface area contributed by atoms with Crippen molar-refractivity contribution in [3.63, 3.8) is 0 Å². The summed E-state index contributed by atoms with van der Waals surface area (Å²) in [5.41, 5.74) is 4.76. The molecule has 1 aromatic rings. The average molecular weight is 230 g/mol. The molecule has 76 valence electrons. The molecule has 0 unspecified atom stereocenters. The number of thiocarbonyl (C=S) groups is 1. The van der Waals surface area contributed by atoms with Gasteiger partial charge in [-0.15, -0.1) is 5.10 Å². The molecule has 0 saturated heterocycles. The number of amides is 1. The van der Waals surface area contributed by atoms with Gasteiger partial charge in [0.15, 0.2) is 0 Å². The molecule has 0 atom stereocenters. The van der Waals surface area contributed by atoms with Crippen LogP contribution in [-0.2, 0) is 0 Å². The minimum atomic E-state index is -0.698. The normalized spacial score (nSPS) is 11.0. The number of hydrogen-bond donors (Lipinski definition) is 2. The van der Waals surface area contributed by atoms with Crippen LogP contribution in [0.25, 0.3) is 0 Å². The Morgan fingerprint density at radius 1 is 1.71 bits per heavy atom. The van der Waals surface area contributed by atoms with Gasteiger partial charge in [-0.05, 0) is 25.4 Å². The first kappa shape index (κ1) is 11.0. The van der Waals surface area contributed by atoms with Gasteiger partial charge in [0.05, 0.1) is 16.7 Å². The van der Waals surface area contributed by atoms with Crippen molar-refractivity contribution in [3.8, 4) is 0 Å². The number of carbonyl (C=O) groups excluding carboxylic acids is 1. The molecule has 1 heterocycles. The Hall–Kier alpha value is -1.08. The zero-order valence-corrected chi connectivity index (χ0v) is 9.41. The third kappa shape index (κ3) is 2.46. The van der Waals surface area contributed by atoms with Gasteiger partial charge < -0.3 is 11.1 Å². The van der Waals surface area contributed by atoms with Crippen LogP contribution >= 0.6 is 23.8 Å². The maximum atomic E-state index is 11.5. The van der Waals surface area contributed by atoms with Crippen LogP contribution in [0, 0.1) is 0 Å². The lowest BCUT2D eigenvalue weighted by molar-refractivity contribution is 0.0936. The summed E-state index contributed by atoms with van der Waals surface area (Å²) in [5, 5.41) is 6.25. The maximum Gasteiger partial charge on any atom is 0.265 e. The highest BCUT2D eigenvalue weighted by molar-refractivity contribution is 7.80. The highest BCUT2D eigenvalue weighted by Gasteiger charge is 2.24. The molecule has 1 aromatic heterocycles. The second-order valence-corrected chi connectivity index (χ2v) is 4.45. The van der Waals surface area contributed by atoms with E-state index in [9.17, 15) is 4.79 Å². The van der Waals surface area contributed by atoms with Crippen LogP contribution in [-0.4, -0.2) is 26.0 Å². The zero-order valence-electron chi connectivity index (χ0n) is 7.77. The summed E-state index contributed by atoms with van der Waals surface area (Å²) in [6.45, 7) is 3.48. The lowest BCUT2D eigenvalue weighted by Crippen LogP contribution is -2.51. The monoisotopic (exact) mass is 230 g/mol. The predicted octanol–water partition coefficient (Wildman–Crippen LogP) is 0.333. The zero-order chi connectivity index (χ0) is 10.8. The largest absolute Gasteiger partial charge is 0.391 e. The maximum absolute atomic E-state index is 11.5. The van der Waals surface area contributed by atoms with Crippen LogP contribution in [0.3, 0.4) is 0 Å². The molecule has 14 heavy (non-hydrogen) atoms. The Kier molecular flexibility index (Phi) is 3.12. The first-order valence-electron chi connectivity index (χ1n) is 3.83. The van der Waals surface area contributed by atoms with Crippen molar-refractivity contribution >= 4 is 34.6 Å². The number of nitrogens with zero attached hydrogens (tertiary/aromatic N) is 2. The number of nitrogens with one attached hydrogen (secondary N) is 1. The molecule has 1 rings (SSSR count). The molecular formula is C7H10N4OS2. The van der Waals surface area contributed by atoms with Crippen LogP contribution in [0.5, 0.6) is 0 Å². The van der Waals surface area contributed by atoms with E-state index < -0.39 is 5.54 Å². The van der Waals surface area contributed by atoms with Crippen molar-refractivity contribution in [2.45, 2.75) is 19.4 Å². The first-order valence-corrected chi connectivity index (χ1v) is 5.01. The third-order valence-electron chi connectivity index (χ3n) is 1.63. The number of hydrogen-bond acceptors (Lipinski definition) is 5. The van der Waals surface area contributed by atoms with Crippen LogP contribution in [0.4, 0.5) is 0 Å². The van der Waals surface area contributed by atoms with E-state index in [-0.39, 0.29) is 10.9 Å². The van der Waals surface area contributed by atoms with E-state index in [1.54, 1.807) is 13.8 Å². The number of aromatic nitrogens is 2. The van der Waals surface area contributed by atoms with Gasteiger partial charge in [0.2, 0.25) is 0 Å². The van der Waals surface area contributed by atoms with E-state index in [4.69, 9.17) is 18.0 Å². The number of carbonyl (C=O) groups is 1. The molecular weight excluding hydrogens is 220 g/mol. The SMILES string of the molecule is CC(C)(NC(=O)c1cnns1)C(N)=S. The van der Waals surface area contributed by atoms with Gasteiger partial charge in [-0.2, -0.15) is 0 Å². The summed E-state index contributed by atoms with van der Waals surface area (Å²) >= 11 is 5.84. The molecule has 0 aliphatic carbocycles.